The first-order valence-electron chi connectivity index (χ1n) is 9.35. The highest BCUT2D eigenvalue weighted by molar-refractivity contribution is 4.94. The Kier molecular flexibility index (Phi) is 8.75. The third-order valence-electron chi connectivity index (χ3n) is 4.81. The van der Waals surface area contributed by atoms with Crippen molar-refractivity contribution < 1.29 is 19.3 Å². The van der Waals surface area contributed by atoms with Gasteiger partial charge in [0.15, 0.2) is 0 Å². The molecule has 4 atom stereocenters. The van der Waals surface area contributed by atoms with Crippen molar-refractivity contribution >= 4 is 0 Å². The normalized spacial score (nSPS) is 30.8. The Bertz CT molecular complexity index is 284. The number of hydrogen-bond acceptors (Lipinski definition) is 4. The SMILES string of the molecule is CCCCCCCCCCCCOC1COC2C(O)COC12. The summed E-state index contributed by atoms with van der Waals surface area (Å²) in [7, 11) is 0. The van der Waals surface area contributed by atoms with Gasteiger partial charge in [-0.3, -0.25) is 0 Å². The molecule has 0 aromatic heterocycles. The zero-order valence-corrected chi connectivity index (χ0v) is 14.2. The fourth-order valence-corrected chi connectivity index (χ4v) is 3.41. The molecule has 2 saturated heterocycles. The molecule has 4 heteroatoms. The molecule has 0 bridgehead atoms. The maximum Gasteiger partial charge on any atom is 0.115 e. The molecule has 22 heavy (non-hydrogen) atoms. The van der Waals surface area contributed by atoms with E-state index in [0.717, 1.165) is 13.0 Å². The Labute approximate surface area is 135 Å². The fraction of sp³-hybridized carbons (Fsp3) is 1.00. The molecule has 0 radical (unpaired) electrons. The van der Waals surface area contributed by atoms with Crippen LogP contribution in [0.3, 0.4) is 0 Å². The number of aliphatic hydroxyl groups excluding tert-OH is 1. The van der Waals surface area contributed by atoms with Gasteiger partial charge in [0.1, 0.15) is 24.4 Å². The number of hydrogen-bond donors (Lipinski definition) is 1. The van der Waals surface area contributed by atoms with Crippen LogP contribution in [0.25, 0.3) is 0 Å². The molecule has 0 aliphatic carbocycles. The molecule has 2 fully saturated rings. The summed E-state index contributed by atoms with van der Waals surface area (Å²) >= 11 is 0. The summed E-state index contributed by atoms with van der Waals surface area (Å²) in [6, 6.07) is 0. The van der Waals surface area contributed by atoms with Gasteiger partial charge in [-0.2, -0.15) is 0 Å². The minimum atomic E-state index is -0.476. The van der Waals surface area contributed by atoms with Gasteiger partial charge in [-0.1, -0.05) is 64.7 Å². The van der Waals surface area contributed by atoms with Crippen molar-refractivity contribution in [1.82, 2.24) is 0 Å². The number of fused-ring (bicyclic) bond motifs is 1. The number of ether oxygens (including phenoxy) is 3. The van der Waals surface area contributed by atoms with Crippen LogP contribution in [-0.4, -0.2) is 49.3 Å². The van der Waals surface area contributed by atoms with E-state index >= 15 is 0 Å². The average Bonchev–Trinajstić information content (AvgIpc) is 3.09. The molecular formula is C18H34O4. The van der Waals surface area contributed by atoms with E-state index in [9.17, 15) is 5.11 Å². The average molecular weight is 314 g/mol. The van der Waals surface area contributed by atoms with Crippen molar-refractivity contribution in [2.75, 3.05) is 19.8 Å². The van der Waals surface area contributed by atoms with Crippen molar-refractivity contribution in [3.8, 4) is 0 Å². The summed E-state index contributed by atoms with van der Waals surface area (Å²) in [5.41, 5.74) is 0. The molecule has 2 aliphatic heterocycles. The second kappa shape index (κ2) is 10.6. The van der Waals surface area contributed by atoms with Gasteiger partial charge in [0.05, 0.1) is 13.2 Å². The summed E-state index contributed by atoms with van der Waals surface area (Å²) in [6.07, 6.45) is 12.7. The van der Waals surface area contributed by atoms with Crippen molar-refractivity contribution in [2.24, 2.45) is 0 Å². The molecule has 4 nitrogen and oxygen atoms in total. The second-order valence-electron chi connectivity index (χ2n) is 6.75. The first kappa shape index (κ1) is 18.2. The van der Waals surface area contributed by atoms with E-state index in [2.05, 4.69) is 6.92 Å². The third kappa shape index (κ3) is 5.80. The number of unbranched alkanes of at least 4 members (excludes halogenated alkanes) is 9. The zero-order chi connectivity index (χ0) is 15.6. The van der Waals surface area contributed by atoms with Gasteiger partial charge in [-0.25, -0.2) is 0 Å². The van der Waals surface area contributed by atoms with Gasteiger partial charge in [-0.05, 0) is 6.42 Å². The molecule has 0 amide bonds. The fourth-order valence-electron chi connectivity index (χ4n) is 3.41. The largest absolute Gasteiger partial charge is 0.388 e. The molecule has 2 aliphatic rings. The van der Waals surface area contributed by atoms with Crippen molar-refractivity contribution in [3.63, 3.8) is 0 Å². The van der Waals surface area contributed by atoms with E-state index in [1.165, 1.54) is 57.8 Å². The second-order valence-corrected chi connectivity index (χ2v) is 6.75. The minimum Gasteiger partial charge on any atom is -0.388 e. The summed E-state index contributed by atoms with van der Waals surface area (Å²) in [4.78, 5) is 0. The monoisotopic (exact) mass is 314 g/mol. The standard InChI is InChI=1S/C18H34O4/c1-2-3-4-5-6-7-8-9-10-11-12-20-16-14-22-17-15(19)13-21-18(16)17/h15-19H,2-14H2,1H3. The van der Waals surface area contributed by atoms with E-state index < -0.39 is 6.10 Å². The van der Waals surface area contributed by atoms with Crippen LogP contribution in [0, 0.1) is 0 Å². The van der Waals surface area contributed by atoms with Crippen molar-refractivity contribution in [3.05, 3.63) is 0 Å². The van der Waals surface area contributed by atoms with Crippen molar-refractivity contribution in [1.29, 1.82) is 0 Å². The lowest BCUT2D eigenvalue weighted by Gasteiger charge is -2.16. The molecule has 0 aromatic rings. The molecule has 0 aromatic carbocycles. The molecule has 0 spiro atoms. The highest BCUT2D eigenvalue weighted by Gasteiger charge is 2.47. The van der Waals surface area contributed by atoms with Gasteiger partial charge in [-0.15, -0.1) is 0 Å². The quantitative estimate of drug-likeness (QED) is 0.561. The van der Waals surface area contributed by atoms with Crippen LogP contribution in [0.1, 0.15) is 71.1 Å². The smallest absolute Gasteiger partial charge is 0.115 e. The first-order valence-corrected chi connectivity index (χ1v) is 9.35. The Morgan fingerprint density at radius 3 is 2.09 bits per heavy atom. The van der Waals surface area contributed by atoms with E-state index in [0.29, 0.717) is 13.2 Å². The van der Waals surface area contributed by atoms with Crippen molar-refractivity contribution in [2.45, 2.75) is 95.5 Å². The predicted octanol–water partition coefficient (Wildman–Crippen LogP) is 3.45. The topological polar surface area (TPSA) is 47.9 Å². The summed E-state index contributed by atoms with van der Waals surface area (Å²) < 4.78 is 17.0. The van der Waals surface area contributed by atoms with Gasteiger partial charge < -0.3 is 19.3 Å². The van der Waals surface area contributed by atoms with Crippen LogP contribution in [0.5, 0.6) is 0 Å². The Morgan fingerprint density at radius 2 is 1.41 bits per heavy atom. The van der Waals surface area contributed by atoms with E-state index in [1.807, 2.05) is 0 Å². The highest BCUT2D eigenvalue weighted by atomic mass is 16.6. The van der Waals surface area contributed by atoms with Gasteiger partial charge in [0, 0.05) is 6.61 Å². The minimum absolute atomic E-state index is 0.0146. The lowest BCUT2D eigenvalue weighted by Crippen LogP contribution is -2.33. The number of rotatable bonds is 12. The zero-order valence-electron chi connectivity index (χ0n) is 14.2. The van der Waals surface area contributed by atoms with Crippen LogP contribution in [-0.2, 0) is 14.2 Å². The van der Waals surface area contributed by atoms with Gasteiger partial charge >= 0.3 is 0 Å². The van der Waals surface area contributed by atoms with Crippen LogP contribution >= 0.6 is 0 Å². The van der Waals surface area contributed by atoms with Crippen LogP contribution < -0.4 is 0 Å². The molecule has 2 rings (SSSR count). The maximum atomic E-state index is 9.67. The molecule has 4 unspecified atom stereocenters. The third-order valence-corrected chi connectivity index (χ3v) is 4.81. The van der Waals surface area contributed by atoms with E-state index in [4.69, 9.17) is 14.2 Å². The molecule has 2 heterocycles. The Morgan fingerprint density at radius 1 is 0.818 bits per heavy atom. The number of aliphatic hydroxyl groups is 1. The van der Waals surface area contributed by atoms with E-state index in [1.54, 1.807) is 0 Å². The van der Waals surface area contributed by atoms with Crippen LogP contribution in [0.2, 0.25) is 0 Å². The van der Waals surface area contributed by atoms with Crippen LogP contribution in [0.4, 0.5) is 0 Å². The van der Waals surface area contributed by atoms with Gasteiger partial charge in [0.25, 0.3) is 0 Å². The molecule has 0 saturated carbocycles. The highest BCUT2D eigenvalue weighted by Crippen LogP contribution is 2.28. The van der Waals surface area contributed by atoms with E-state index in [-0.39, 0.29) is 18.3 Å². The van der Waals surface area contributed by atoms with Crippen LogP contribution in [0.15, 0.2) is 0 Å². The predicted molar refractivity (Wildman–Crippen MR) is 87.1 cm³/mol. The maximum absolute atomic E-state index is 9.67. The summed E-state index contributed by atoms with van der Waals surface area (Å²) in [6.45, 7) is 3.99. The molecule has 130 valence electrons. The van der Waals surface area contributed by atoms with Gasteiger partial charge in [0.2, 0.25) is 0 Å². The summed E-state index contributed by atoms with van der Waals surface area (Å²) in [5.74, 6) is 0. The molecule has 1 N–H and O–H groups in total. The molecular weight excluding hydrogens is 280 g/mol. The Hall–Kier alpha value is -0.160. The lowest BCUT2D eigenvalue weighted by atomic mass is 10.1. The lowest BCUT2D eigenvalue weighted by molar-refractivity contribution is -0.0378. The first-order chi connectivity index (χ1) is 10.8. The Balaban J connectivity index is 1.38. The summed E-state index contributed by atoms with van der Waals surface area (Å²) in [5, 5.41) is 9.67.